The van der Waals surface area contributed by atoms with Crippen molar-refractivity contribution in [2.75, 3.05) is 0 Å². The Morgan fingerprint density at radius 3 is 1.59 bits per heavy atom. The molecule has 1 aliphatic carbocycles. The molecule has 0 atom stereocenters. The van der Waals surface area contributed by atoms with Crippen molar-refractivity contribution in [3.8, 4) is 5.75 Å². The summed E-state index contributed by atoms with van der Waals surface area (Å²) in [5.41, 5.74) is 5.31. The fourth-order valence-electron chi connectivity index (χ4n) is 3.30. The number of aromatic hydroxyl groups is 1. The van der Waals surface area contributed by atoms with Crippen LogP contribution in [-0.4, -0.2) is 8.92 Å². The third kappa shape index (κ3) is 12.7. The topological polar surface area (TPSA) is 20.2 Å². The monoisotopic (exact) mass is 589 g/mol. The van der Waals surface area contributed by atoms with Gasteiger partial charge < -0.3 is 29.9 Å². The summed E-state index contributed by atoms with van der Waals surface area (Å²) in [5.74, 6) is 0.229. The van der Waals surface area contributed by atoms with E-state index >= 15 is 0 Å². The predicted octanol–water partition coefficient (Wildman–Crippen LogP) is 2.88. The van der Waals surface area contributed by atoms with E-state index in [9.17, 15) is 5.11 Å². The van der Waals surface area contributed by atoms with E-state index in [-0.39, 0.29) is 36.0 Å². The van der Waals surface area contributed by atoms with E-state index in [0.717, 1.165) is 12.0 Å². The van der Waals surface area contributed by atoms with Crippen molar-refractivity contribution in [3.63, 3.8) is 0 Å². The number of rotatable bonds is 2. The van der Waals surface area contributed by atoms with Gasteiger partial charge >= 0.3 is 95.6 Å². The van der Waals surface area contributed by atoms with Crippen molar-refractivity contribution in [3.05, 3.63) is 124 Å². The molecule has 0 amide bonds. The third-order valence-corrected chi connectivity index (χ3v) is 6.50. The first-order chi connectivity index (χ1) is 16.4. The Labute approximate surface area is 252 Å². The van der Waals surface area contributed by atoms with Crippen molar-refractivity contribution in [1.29, 1.82) is 0 Å². The Morgan fingerprint density at radius 2 is 1.27 bits per heavy atom. The van der Waals surface area contributed by atoms with Crippen LogP contribution in [0.15, 0.2) is 96.6 Å². The predicted molar refractivity (Wildman–Crippen MR) is 148 cm³/mol. The zero-order chi connectivity index (χ0) is 26.1. The van der Waals surface area contributed by atoms with Crippen LogP contribution in [0.25, 0.3) is 0 Å². The van der Waals surface area contributed by atoms with Gasteiger partial charge in [0.1, 0.15) is 5.75 Å². The number of hydrogen-bond donors (Lipinski definition) is 1. The number of benzene rings is 3. The molecule has 0 fully saturated rings. The molecule has 4 rings (SSSR count). The minimum absolute atomic E-state index is 0. The maximum atomic E-state index is 9.27. The molecule has 3 aromatic carbocycles. The number of halogens is 3. The Kier molecular flexibility index (Phi) is 15.7. The molecular formula is C32H36Cl3OTi-2. The van der Waals surface area contributed by atoms with Gasteiger partial charge in [0, 0.05) is 5.02 Å². The summed E-state index contributed by atoms with van der Waals surface area (Å²) in [4.78, 5) is 0. The summed E-state index contributed by atoms with van der Waals surface area (Å²) < 4.78 is 1.33. The molecule has 0 radical (unpaired) electrons. The Morgan fingerprint density at radius 1 is 0.784 bits per heavy atom. The molecule has 3 aromatic rings. The van der Waals surface area contributed by atoms with Crippen LogP contribution in [0.3, 0.4) is 0 Å². The van der Waals surface area contributed by atoms with E-state index < -0.39 is 0 Å². The van der Waals surface area contributed by atoms with Crippen LogP contribution in [-0.2, 0) is 25.4 Å². The Hall–Kier alpha value is -1.61. The van der Waals surface area contributed by atoms with Gasteiger partial charge in [-0.3, -0.25) is 6.08 Å². The van der Waals surface area contributed by atoms with Crippen LogP contribution in [0.5, 0.6) is 5.75 Å². The van der Waals surface area contributed by atoms with E-state index in [1.54, 1.807) is 6.07 Å². The van der Waals surface area contributed by atoms with Crippen LogP contribution in [0.1, 0.15) is 64.7 Å². The van der Waals surface area contributed by atoms with Gasteiger partial charge in [-0.2, -0.15) is 6.08 Å². The van der Waals surface area contributed by atoms with Crippen molar-refractivity contribution in [2.24, 2.45) is 5.41 Å². The summed E-state index contributed by atoms with van der Waals surface area (Å²) in [6, 6.07) is 26.1. The first-order valence-corrected chi connectivity index (χ1v) is 13.0. The standard InChI is InChI=1S/C13H10.C10H13ClO.C9H13.2ClH.Ti/c1-3-7-12(8-4-1)11-13-9-5-2-6-10-13;1-10(2,3)7-4-8(11)6-9(12)5-7;1-9(2,3)8-6-4-5-7-8;;;/h1-10H;4-6,12H,1-3H3;4,6H,5H2,1-3H3;2*1H;/q;;-1;;;+1/p-2. The number of hydrogen-bond acceptors (Lipinski definition) is 1. The minimum atomic E-state index is 0. The van der Waals surface area contributed by atoms with Gasteiger partial charge in [-0.15, -0.1) is 6.42 Å². The summed E-state index contributed by atoms with van der Waals surface area (Å²) in [5, 5.41) is 9.86. The Bertz CT molecular complexity index is 1090. The van der Waals surface area contributed by atoms with Gasteiger partial charge in [0.15, 0.2) is 0 Å². The summed E-state index contributed by atoms with van der Waals surface area (Å²) in [7, 11) is 0. The maximum absolute atomic E-state index is 9.27. The summed E-state index contributed by atoms with van der Waals surface area (Å²) in [6.45, 7) is 12.9. The van der Waals surface area contributed by atoms with E-state index in [1.807, 2.05) is 18.2 Å². The fourth-order valence-corrected chi connectivity index (χ4v) is 4.05. The molecule has 1 N–H and O–H groups in total. The molecular weight excluding hydrogens is 555 g/mol. The molecule has 197 valence electrons. The molecule has 5 heteroatoms. The van der Waals surface area contributed by atoms with Crippen LogP contribution in [0, 0.1) is 11.5 Å². The number of phenolic OH excluding ortho intramolecular Hbond substituents is 1. The van der Waals surface area contributed by atoms with Gasteiger partial charge in [0.05, 0.1) is 0 Å². The van der Waals surface area contributed by atoms with Crippen molar-refractivity contribution < 1.29 is 49.9 Å². The number of phenols is 1. The fraction of sp³-hybridized carbons (Fsp3) is 0.281. The van der Waals surface area contributed by atoms with Crippen LogP contribution < -0.4 is 24.8 Å². The zero-order valence-electron chi connectivity index (χ0n) is 22.4. The average molecular weight is 591 g/mol. The van der Waals surface area contributed by atoms with E-state index in [2.05, 4.69) is 128 Å². The molecule has 1 nitrogen and oxygen atoms in total. The first-order valence-electron chi connectivity index (χ1n) is 11.8. The second kappa shape index (κ2) is 16.4. The van der Waals surface area contributed by atoms with Gasteiger partial charge in [0.2, 0.25) is 0 Å². The van der Waals surface area contributed by atoms with Crippen molar-refractivity contribution >= 4 is 15.4 Å². The molecule has 0 unspecified atom stereocenters. The van der Waals surface area contributed by atoms with Crippen molar-refractivity contribution in [1.82, 2.24) is 0 Å². The molecule has 0 aromatic heterocycles. The first kappa shape index (κ1) is 35.4. The van der Waals surface area contributed by atoms with E-state index in [1.165, 1.54) is 26.6 Å². The normalized spacial score (nSPS) is 12.0. The third-order valence-electron chi connectivity index (χ3n) is 5.38. The molecule has 1 aliphatic rings. The van der Waals surface area contributed by atoms with Crippen molar-refractivity contribution in [2.45, 2.75) is 53.4 Å². The molecule has 37 heavy (non-hydrogen) atoms. The second-order valence-corrected chi connectivity index (χ2v) is 11.7. The van der Waals surface area contributed by atoms with E-state index in [4.69, 9.17) is 11.6 Å². The summed E-state index contributed by atoms with van der Waals surface area (Å²) >= 11 is 7.95. The molecule has 0 heterocycles. The molecule has 0 spiro atoms. The van der Waals surface area contributed by atoms with Crippen LogP contribution in [0.4, 0.5) is 0 Å². The molecule has 0 aliphatic heterocycles. The van der Waals surface area contributed by atoms with Gasteiger partial charge in [-0.05, 0) is 34.6 Å². The molecule has 0 bridgehead atoms. The number of allylic oxidation sites excluding steroid dienone is 4. The second-order valence-electron chi connectivity index (χ2n) is 10.5. The van der Waals surface area contributed by atoms with Gasteiger partial charge in [0.25, 0.3) is 0 Å². The zero-order valence-corrected chi connectivity index (χ0v) is 26.3. The SMILES string of the molecule is CC(C)(C)C1=[C-]CC=C1.CC(C)(C)c1cc(O)cc(Cl)c1.[Cl-].[Cl-].[Ti+]=[C](c1ccccc1)c1ccccc1. The molecule has 0 saturated carbocycles. The van der Waals surface area contributed by atoms with Crippen LogP contribution in [0.2, 0.25) is 5.02 Å². The Balaban J connectivity index is 0.000000523. The quantitative estimate of drug-likeness (QED) is 0.360. The summed E-state index contributed by atoms with van der Waals surface area (Å²) in [6.07, 6.45) is 8.63. The van der Waals surface area contributed by atoms with Crippen LogP contribution >= 0.6 is 11.6 Å². The van der Waals surface area contributed by atoms with Gasteiger partial charge in [-0.25, -0.2) is 11.6 Å². The van der Waals surface area contributed by atoms with E-state index in [0.29, 0.717) is 10.4 Å². The molecule has 0 saturated heterocycles. The average Bonchev–Trinajstić information content (AvgIpc) is 3.35. The van der Waals surface area contributed by atoms with Gasteiger partial charge in [-0.1, -0.05) is 53.1 Å².